The predicted molar refractivity (Wildman–Crippen MR) is 88.3 cm³/mol. The standard InChI is InChI=1S/C16H13Cl2N3O/c1-10-4-2-3-5-12(10)16-20-15(22-21-16)9-19-14-8-11(17)6-7-13(14)18/h2-8,19H,9H2,1H3. The summed E-state index contributed by atoms with van der Waals surface area (Å²) in [6.45, 7) is 2.38. The molecule has 0 fully saturated rings. The van der Waals surface area contributed by atoms with E-state index in [2.05, 4.69) is 15.5 Å². The van der Waals surface area contributed by atoms with Gasteiger partial charge in [0.25, 0.3) is 0 Å². The van der Waals surface area contributed by atoms with E-state index in [1.165, 1.54) is 0 Å². The molecule has 0 radical (unpaired) electrons. The Morgan fingerprint density at radius 2 is 1.95 bits per heavy atom. The topological polar surface area (TPSA) is 51.0 Å². The van der Waals surface area contributed by atoms with Crippen molar-refractivity contribution in [3.05, 3.63) is 64.0 Å². The number of nitrogens with zero attached hydrogens (tertiary/aromatic N) is 2. The molecule has 22 heavy (non-hydrogen) atoms. The third kappa shape index (κ3) is 3.24. The van der Waals surface area contributed by atoms with Crippen LogP contribution in [0.15, 0.2) is 47.0 Å². The third-order valence-electron chi connectivity index (χ3n) is 3.21. The summed E-state index contributed by atoms with van der Waals surface area (Å²) >= 11 is 12.0. The van der Waals surface area contributed by atoms with Gasteiger partial charge in [-0.15, -0.1) is 0 Å². The first-order valence-corrected chi connectivity index (χ1v) is 7.46. The zero-order valence-corrected chi connectivity index (χ0v) is 13.3. The van der Waals surface area contributed by atoms with Crippen LogP contribution >= 0.6 is 23.2 Å². The van der Waals surface area contributed by atoms with Crippen LogP contribution in [0.2, 0.25) is 10.0 Å². The largest absolute Gasteiger partial charge is 0.375 e. The summed E-state index contributed by atoms with van der Waals surface area (Å²) in [5, 5.41) is 8.35. The van der Waals surface area contributed by atoms with Gasteiger partial charge in [0, 0.05) is 10.6 Å². The minimum Gasteiger partial charge on any atom is -0.375 e. The van der Waals surface area contributed by atoms with E-state index in [1.807, 2.05) is 31.2 Å². The van der Waals surface area contributed by atoms with Crippen LogP contribution in [-0.4, -0.2) is 10.1 Å². The van der Waals surface area contributed by atoms with Crippen LogP contribution in [0.3, 0.4) is 0 Å². The fraction of sp³-hybridized carbons (Fsp3) is 0.125. The minimum absolute atomic E-state index is 0.374. The van der Waals surface area contributed by atoms with Gasteiger partial charge in [0.2, 0.25) is 11.7 Å². The zero-order chi connectivity index (χ0) is 15.5. The molecule has 0 aliphatic carbocycles. The zero-order valence-electron chi connectivity index (χ0n) is 11.8. The Balaban J connectivity index is 1.75. The molecule has 0 aliphatic rings. The fourth-order valence-corrected chi connectivity index (χ4v) is 2.42. The lowest BCUT2D eigenvalue weighted by Gasteiger charge is -2.05. The van der Waals surface area contributed by atoms with Crippen molar-refractivity contribution < 1.29 is 4.52 Å². The number of hydrogen-bond donors (Lipinski definition) is 1. The Bertz CT molecular complexity index is 802. The lowest BCUT2D eigenvalue weighted by molar-refractivity contribution is 0.384. The molecule has 0 aliphatic heterocycles. The van der Waals surface area contributed by atoms with Gasteiger partial charge in [-0.2, -0.15) is 4.98 Å². The van der Waals surface area contributed by atoms with Gasteiger partial charge in [0.05, 0.1) is 17.3 Å². The summed E-state index contributed by atoms with van der Waals surface area (Å²) in [4.78, 5) is 4.39. The number of rotatable bonds is 4. The van der Waals surface area contributed by atoms with Crippen molar-refractivity contribution in [1.82, 2.24) is 10.1 Å². The van der Waals surface area contributed by atoms with Crippen molar-refractivity contribution in [1.29, 1.82) is 0 Å². The molecule has 0 unspecified atom stereocenters. The lowest BCUT2D eigenvalue weighted by atomic mass is 10.1. The highest BCUT2D eigenvalue weighted by molar-refractivity contribution is 6.35. The molecule has 2 aromatic carbocycles. The summed E-state index contributed by atoms with van der Waals surface area (Å²) in [6.07, 6.45) is 0. The third-order valence-corrected chi connectivity index (χ3v) is 3.78. The van der Waals surface area contributed by atoms with E-state index in [-0.39, 0.29) is 0 Å². The van der Waals surface area contributed by atoms with Crippen LogP contribution in [-0.2, 0) is 6.54 Å². The maximum Gasteiger partial charge on any atom is 0.246 e. The average molecular weight is 334 g/mol. The molecule has 0 amide bonds. The Morgan fingerprint density at radius 1 is 1.14 bits per heavy atom. The van der Waals surface area contributed by atoms with Crippen molar-refractivity contribution >= 4 is 28.9 Å². The second-order valence-corrected chi connectivity index (χ2v) is 5.65. The van der Waals surface area contributed by atoms with Crippen LogP contribution in [0.5, 0.6) is 0 Å². The smallest absolute Gasteiger partial charge is 0.246 e. The molecule has 112 valence electrons. The summed E-state index contributed by atoms with van der Waals surface area (Å²) < 4.78 is 5.27. The molecule has 4 nitrogen and oxygen atoms in total. The Morgan fingerprint density at radius 3 is 2.77 bits per heavy atom. The SMILES string of the molecule is Cc1ccccc1-c1noc(CNc2cc(Cl)ccc2Cl)n1. The second-order valence-electron chi connectivity index (χ2n) is 4.80. The molecule has 3 rings (SSSR count). The van der Waals surface area contributed by atoms with Crippen LogP contribution in [0.4, 0.5) is 5.69 Å². The molecule has 1 heterocycles. The van der Waals surface area contributed by atoms with Gasteiger partial charge < -0.3 is 9.84 Å². The summed E-state index contributed by atoms with van der Waals surface area (Å²) in [5.41, 5.74) is 2.78. The highest BCUT2D eigenvalue weighted by atomic mass is 35.5. The van der Waals surface area contributed by atoms with E-state index in [4.69, 9.17) is 27.7 Å². The van der Waals surface area contributed by atoms with Crippen molar-refractivity contribution in [2.45, 2.75) is 13.5 Å². The minimum atomic E-state index is 0.374. The molecule has 3 aromatic rings. The summed E-state index contributed by atoms with van der Waals surface area (Å²) in [6, 6.07) is 13.1. The maximum absolute atomic E-state index is 6.10. The Labute approximate surface area is 138 Å². The molecule has 0 bridgehead atoms. The van der Waals surface area contributed by atoms with E-state index >= 15 is 0 Å². The average Bonchev–Trinajstić information content (AvgIpc) is 2.97. The van der Waals surface area contributed by atoms with Gasteiger partial charge in [0.1, 0.15) is 0 Å². The Hall–Kier alpha value is -2.04. The molecule has 1 aromatic heterocycles. The van der Waals surface area contributed by atoms with Gasteiger partial charge in [-0.05, 0) is 30.7 Å². The van der Waals surface area contributed by atoms with E-state index in [1.54, 1.807) is 18.2 Å². The number of hydrogen-bond acceptors (Lipinski definition) is 4. The van der Waals surface area contributed by atoms with Crippen LogP contribution < -0.4 is 5.32 Å². The molecule has 0 spiro atoms. The fourth-order valence-electron chi connectivity index (χ4n) is 2.06. The quantitative estimate of drug-likeness (QED) is 0.732. The first-order chi connectivity index (χ1) is 10.6. The van der Waals surface area contributed by atoms with Gasteiger partial charge in [0.15, 0.2) is 0 Å². The van der Waals surface area contributed by atoms with Gasteiger partial charge in [-0.1, -0.05) is 52.6 Å². The van der Waals surface area contributed by atoms with E-state index in [0.717, 1.165) is 16.8 Å². The van der Waals surface area contributed by atoms with E-state index in [0.29, 0.717) is 28.3 Å². The molecular weight excluding hydrogens is 321 g/mol. The highest BCUT2D eigenvalue weighted by Gasteiger charge is 2.10. The number of benzene rings is 2. The molecular formula is C16H13Cl2N3O. The number of aryl methyl sites for hydroxylation is 1. The molecule has 0 atom stereocenters. The van der Waals surface area contributed by atoms with E-state index in [9.17, 15) is 0 Å². The lowest BCUT2D eigenvalue weighted by Crippen LogP contribution is -2.00. The van der Waals surface area contributed by atoms with E-state index < -0.39 is 0 Å². The van der Waals surface area contributed by atoms with Gasteiger partial charge in [-0.25, -0.2) is 0 Å². The van der Waals surface area contributed by atoms with Crippen molar-refractivity contribution in [2.75, 3.05) is 5.32 Å². The molecule has 0 saturated heterocycles. The Kier molecular flexibility index (Phi) is 4.32. The number of halogens is 2. The number of nitrogens with one attached hydrogen (secondary N) is 1. The highest BCUT2D eigenvalue weighted by Crippen LogP contribution is 2.26. The number of anilines is 1. The number of aromatic nitrogens is 2. The summed E-state index contributed by atoms with van der Waals surface area (Å²) in [7, 11) is 0. The van der Waals surface area contributed by atoms with Crippen LogP contribution in [0.1, 0.15) is 11.5 Å². The van der Waals surface area contributed by atoms with Crippen LogP contribution in [0, 0.1) is 6.92 Å². The van der Waals surface area contributed by atoms with Gasteiger partial charge in [-0.3, -0.25) is 0 Å². The predicted octanol–water partition coefficient (Wildman–Crippen LogP) is 4.96. The molecule has 1 N–H and O–H groups in total. The van der Waals surface area contributed by atoms with Crippen molar-refractivity contribution in [2.24, 2.45) is 0 Å². The normalized spacial score (nSPS) is 10.7. The summed E-state index contributed by atoms with van der Waals surface area (Å²) in [5.74, 6) is 1.06. The molecule has 6 heteroatoms. The van der Waals surface area contributed by atoms with Crippen LogP contribution in [0.25, 0.3) is 11.4 Å². The monoisotopic (exact) mass is 333 g/mol. The molecule has 0 saturated carbocycles. The second kappa shape index (κ2) is 6.38. The van der Waals surface area contributed by atoms with Gasteiger partial charge >= 0.3 is 0 Å². The maximum atomic E-state index is 6.10. The first kappa shape index (κ1) is 14.9. The van der Waals surface area contributed by atoms with Crippen molar-refractivity contribution in [3.63, 3.8) is 0 Å². The first-order valence-electron chi connectivity index (χ1n) is 6.71. The van der Waals surface area contributed by atoms with Crippen molar-refractivity contribution in [3.8, 4) is 11.4 Å².